The van der Waals surface area contributed by atoms with Gasteiger partial charge in [0, 0.05) is 38.1 Å². The van der Waals surface area contributed by atoms with Crippen LogP contribution in [0.4, 0.5) is 0 Å². The van der Waals surface area contributed by atoms with Crippen molar-refractivity contribution in [3.63, 3.8) is 0 Å². The molecule has 0 atom stereocenters. The smallest absolute Gasteiger partial charge is 0.127 e. The number of rotatable bonds is 5. The van der Waals surface area contributed by atoms with Crippen LogP contribution in [-0.4, -0.2) is 55.9 Å². The second kappa shape index (κ2) is 5.61. The van der Waals surface area contributed by atoms with Crippen LogP contribution in [0, 0.1) is 5.41 Å². The van der Waals surface area contributed by atoms with Gasteiger partial charge in [-0.1, -0.05) is 13.8 Å². The van der Waals surface area contributed by atoms with Crippen molar-refractivity contribution in [2.45, 2.75) is 26.7 Å². The summed E-state index contributed by atoms with van der Waals surface area (Å²) in [4.78, 5) is 16.0. The van der Waals surface area contributed by atoms with Crippen LogP contribution in [0.15, 0.2) is 0 Å². The maximum atomic E-state index is 11.2. The minimum absolute atomic E-state index is 0.101. The molecule has 0 N–H and O–H groups in total. The summed E-state index contributed by atoms with van der Waals surface area (Å²) in [5.74, 6) is 0. The first-order chi connectivity index (χ1) is 7.15. The van der Waals surface area contributed by atoms with Crippen molar-refractivity contribution in [2.24, 2.45) is 5.41 Å². The fraction of sp³-hybridized carbons (Fsp3) is 0.917. The van der Waals surface area contributed by atoms with Crippen molar-refractivity contribution >= 4 is 6.29 Å². The van der Waals surface area contributed by atoms with Crippen molar-refractivity contribution < 1.29 is 4.79 Å². The highest BCUT2D eigenvalue weighted by atomic mass is 16.1. The average molecular weight is 212 g/mol. The van der Waals surface area contributed by atoms with Crippen LogP contribution >= 0.6 is 0 Å². The second-order valence-electron chi connectivity index (χ2n) is 4.77. The Labute approximate surface area is 93.4 Å². The van der Waals surface area contributed by atoms with Gasteiger partial charge in [0.2, 0.25) is 0 Å². The minimum atomic E-state index is -0.101. The summed E-state index contributed by atoms with van der Waals surface area (Å²) in [6.07, 6.45) is 3.09. The molecule has 0 amide bonds. The Hall–Kier alpha value is -0.410. The number of likely N-dealkylation sites (N-methyl/N-ethyl adjacent to an activating group) is 1. The fourth-order valence-corrected chi connectivity index (χ4v) is 2.13. The molecule has 0 aromatic rings. The summed E-state index contributed by atoms with van der Waals surface area (Å²) in [6.45, 7) is 9.64. The molecular formula is C12H24N2O. The van der Waals surface area contributed by atoms with Gasteiger partial charge >= 0.3 is 0 Å². The summed E-state index contributed by atoms with van der Waals surface area (Å²) in [6, 6.07) is 0. The SMILES string of the molecule is CCC(C=O)(CC)CN1CCN(C)CC1. The third-order valence-electron chi connectivity index (χ3n) is 3.79. The van der Waals surface area contributed by atoms with Crippen molar-refractivity contribution in [1.82, 2.24) is 9.80 Å². The highest BCUT2D eigenvalue weighted by Gasteiger charge is 2.29. The lowest BCUT2D eigenvalue weighted by molar-refractivity contribution is -0.118. The Morgan fingerprint density at radius 3 is 2.07 bits per heavy atom. The molecule has 3 heteroatoms. The Bertz CT molecular complexity index is 194. The maximum Gasteiger partial charge on any atom is 0.127 e. The van der Waals surface area contributed by atoms with E-state index in [-0.39, 0.29) is 5.41 Å². The van der Waals surface area contributed by atoms with Crippen LogP contribution < -0.4 is 0 Å². The number of carbonyl (C=O) groups excluding carboxylic acids is 1. The van der Waals surface area contributed by atoms with Crippen LogP contribution in [0.25, 0.3) is 0 Å². The molecule has 1 rings (SSSR count). The zero-order valence-corrected chi connectivity index (χ0v) is 10.3. The number of nitrogens with zero attached hydrogens (tertiary/aromatic N) is 2. The molecule has 0 bridgehead atoms. The maximum absolute atomic E-state index is 11.2. The van der Waals surface area contributed by atoms with Gasteiger partial charge in [-0.3, -0.25) is 4.90 Å². The molecule has 0 saturated carbocycles. The molecule has 15 heavy (non-hydrogen) atoms. The number of aldehydes is 1. The molecule has 0 aromatic heterocycles. The Morgan fingerprint density at radius 1 is 1.13 bits per heavy atom. The van der Waals surface area contributed by atoms with Gasteiger partial charge in [0.15, 0.2) is 0 Å². The molecule has 0 spiro atoms. The van der Waals surface area contributed by atoms with E-state index in [9.17, 15) is 4.79 Å². The molecule has 0 aliphatic carbocycles. The van der Waals surface area contributed by atoms with E-state index in [2.05, 4.69) is 30.7 Å². The number of hydrogen-bond acceptors (Lipinski definition) is 3. The highest BCUT2D eigenvalue weighted by Crippen LogP contribution is 2.25. The van der Waals surface area contributed by atoms with Gasteiger partial charge < -0.3 is 9.69 Å². The standard InChI is InChI=1S/C12H24N2O/c1-4-12(5-2,11-15)10-14-8-6-13(3)7-9-14/h11H,4-10H2,1-3H3. The van der Waals surface area contributed by atoms with E-state index < -0.39 is 0 Å². The third kappa shape index (κ3) is 3.28. The summed E-state index contributed by atoms with van der Waals surface area (Å²) in [5.41, 5.74) is -0.101. The van der Waals surface area contributed by atoms with E-state index in [1.807, 2.05) is 0 Å². The van der Waals surface area contributed by atoms with E-state index in [1.165, 1.54) is 6.29 Å². The van der Waals surface area contributed by atoms with Gasteiger partial charge in [0.05, 0.1) is 0 Å². The van der Waals surface area contributed by atoms with Crippen LogP contribution in [0.3, 0.4) is 0 Å². The van der Waals surface area contributed by atoms with E-state index in [0.29, 0.717) is 0 Å². The monoisotopic (exact) mass is 212 g/mol. The van der Waals surface area contributed by atoms with E-state index >= 15 is 0 Å². The lowest BCUT2D eigenvalue weighted by atomic mass is 9.83. The lowest BCUT2D eigenvalue weighted by Gasteiger charge is -2.37. The molecule has 0 aromatic carbocycles. The molecule has 0 unspecified atom stereocenters. The number of carbonyl (C=O) groups is 1. The molecule has 0 radical (unpaired) electrons. The minimum Gasteiger partial charge on any atom is -0.304 e. The first-order valence-corrected chi connectivity index (χ1v) is 6.03. The second-order valence-corrected chi connectivity index (χ2v) is 4.77. The van der Waals surface area contributed by atoms with Crippen LogP contribution in [0.5, 0.6) is 0 Å². The Balaban J connectivity index is 2.48. The van der Waals surface area contributed by atoms with Gasteiger partial charge in [-0.15, -0.1) is 0 Å². The molecule has 3 nitrogen and oxygen atoms in total. The zero-order chi connectivity index (χ0) is 11.3. The predicted octanol–water partition coefficient (Wildman–Crippen LogP) is 1.24. The predicted molar refractivity (Wildman–Crippen MR) is 63.0 cm³/mol. The molecule has 1 fully saturated rings. The fourth-order valence-electron chi connectivity index (χ4n) is 2.13. The normalized spacial score (nSPS) is 20.5. The average Bonchev–Trinajstić information content (AvgIpc) is 2.29. The van der Waals surface area contributed by atoms with Crippen LogP contribution in [0.1, 0.15) is 26.7 Å². The molecule has 1 aliphatic rings. The molecule has 1 aliphatic heterocycles. The first kappa shape index (κ1) is 12.7. The lowest BCUT2D eigenvalue weighted by Crippen LogP contribution is -2.48. The van der Waals surface area contributed by atoms with Crippen LogP contribution in [-0.2, 0) is 4.79 Å². The largest absolute Gasteiger partial charge is 0.304 e. The van der Waals surface area contributed by atoms with E-state index in [1.54, 1.807) is 0 Å². The Kier molecular flexibility index (Phi) is 4.74. The molecule has 1 saturated heterocycles. The van der Waals surface area contributed by atoms with Crippen molar-refractivity contribution in [1.29, 1.82) is 0 Å². The van der Waals surface area contributed by atoms with Gasteiger partial charge in [0.1, 0.15) is 6.29 Å². The molecular weight excluding hydrogens is 188 g/mol. The van der Waals surface area contributed by atoms with Gasteiger partial charge in [0.25, 0.3) is 0 Å². The summed E-state index contributed by atoms with van der Waals surface area (Å²) in [7, 11) is 2.16. The summed E-state index contributed by atoms with van der Waals surface area (Å²) < 4.78 is 0. The first-order valence-electron chi connectivity index (χ1n) is 6.03. The van der Waals surface area contributed by atoms with Gasteiger partial charge in [-0.2, -0.15) is 0 Å². The molecule has 1 heterocycles. The summed E-state index contributed by atoms with van der Waals surface area (Å²) >= 11 is 0. The number of hydrogen-bond donors (Lipinski definition) is 0. The van der Waals surface area contributed by atoms with Crippen molar-refractivity contribution in [3.05, 3.63) is 0 Å². The van der Waals surface area contributed by atoms with Crippen molar-refractivity contribution in [3.8, 4) is 0 Å². The zero-order valence-electron chi connectivity index (χ0n) is 10.3. The number of piperazine rings is 1. The van der Waals surface area contributed by atoms with E-state index in [0.717, 1.165) is 45.6 Å². The Morgan fingerprint density at radius 2 is 1.67 bits per heavy atom. The summed E-state index contributed by atoms with van der Waals surface area (Å²) in [5, 5.41) is 0. The van der Waals surface area contributed by atoms with Crippen molar-refractivity contribution in [2.75, 3.05) is 39.8 Å². The molecule has 88 valence electrons. The van der Waals surface area contributed by atoms with Crippen LogP contribution in [0.2, 0.25) is 0 Å². The van der Waals surface area contributed by atoms with Gasteiger partial charge in [-0.25, -0.2) is 0 Å². The van der Waals surface area contributed by atoms with Gasteiger partial charge in [-0.05, 0) is 19.9 Å². The third-order valence-corrected chi connectivity index (χ3v) is 3.79. The highest BCUT2D eigenvalue weighted by molar-refractivity contribution is 5.59. The quantitative estimate of drug-likeness (QED) is 0.641. The van der Waals surface area contributed by atoms with E-state index in [4.69, 9.17) is 0 Å². The topological polar surface area (TPSA) is 23.6 Å².